The topological polar surface area (TPSA) is 131 Å². The van der Waals surface area contributed by atoms with Crippen LogP contribution in [0.1, 0.15) is 36.5 Å². The van der Waals surface area contributed by atoms with Gasteiger partial charge in [0.25, 0.3) is 5.91 Å². The second-order valence-electron chi connectivity index (χ2n) is 8.23. The van der Waals surface area contributed by atoms with Gasteiger partial charge in [0.1, 0.15) is 36.4 Å². The number of sulfone groups is 1. The number of hydrogen-bond acceptors (Lipinski definition) is 9. The number of aryl methyl sites for hydroxylation is 1. The number of benzene rings is 2. The number of amides is 1. The van der Waals surface area contributed by atoms with Crippen molar-refractivity contribution in [2.45, 2.75) is 31.0 Å². The van der Waals surface area contributed by atoms with E-state index in [1.54, 1.807) is 24.3 Å². The molecule has 0 atom stereocenters. The summed E-state index contributed by atoms with van der Waals surface area (Å²) < 4.78 is 34.5. The lowest BCUT2D eigenvalue weighted by atomic mass is 10.0. The lowest BCUT2D eigenvalue weighted by Crippen LogP contribution is -2.13. The fourth-order valence-corrected chi connectivity index (χ4v) is 4.61. The fourth-order valence-electron chi connectivity index (χ4n) is 3.10. The summed E-state index contributed by atoms with van der Waals surface area (Å²) in [6, 6.07) is 14.9. The molecule has 0 saturated heterocycles. The number of carbonyl (C=O) groups is 1. The lowest BCUT2D eigenvalue weighted by molar-refractivity contribution is -0.112. The van der Waals surface area contributed by atoms with E-state index in [-0.39, 0.29) is 15.0 Å². The van der Waals surface area contributed by atoms with Crippen molar-refractivity contribution < 1.29 is 22.7 Å². The van der Waals surface area contributed by atoms with Crippen LogP contribution in [-0.2, 0) is 14.6 Å². The molecule has 1 amide bonds. The highest BCUT2D eigenvalue weighted by Crippen LogP contribution is 2.27. The normalized spacial score (nSPS) is 11.7. The molecule has 0 aliphatic carbocycles. The van der Waals surface area contributed by atoms with Crippen LogP contribution in [0.5, 0.6) is 11.5 Å². The highest BCUT2D eigenvalue weighted by atomic mass is 32.2. The minimum atomic E-state index is -3.53. The maximum absolute atomic E-state index is 12.4. The SMILES string of the molecule is Cc1ccc(C(C)C)c(OCCOc2ccc(C=C(C#N)C(=O)Nc3nnc(S(C)(=O)=O)s3)cc2)c1. The molecule has 1 N–H and O–H groups in total. The number of carbonyl (C=O) groups excluding carboxylic acids is 1. The van der Waals surface area contributed by atoms with E-state index >= 15 is 0 Å². The van der Waals surface area contributed by atoms with Crippen LogP contribution in [0.3, 0.4) is 0 Å². The predicted molar refractivity (Wildman–Crippen MR) is 138 cm³/mol. The van der Waals surface area contributed by atoms with E-state index in [0.717, 1.165) is 23.1 Å². The number of nitrogens with zero attached hydrogens (tertiary/aromatic N) is 3. The zero-order valence-corrected chi connectivity index (χ0v) is 21.9. The summed E-state index contributed by atoms with van der Waals surface area (Å²) in [5, 5.41) is 18.9. The van der Waals surface area contributed by atoms with Crippen molar-refractivity contribution in [3.8, 4) is 17.6 Å². The van der Waals surface area contributed by atoms with Gasteiger partial charge in [0.05, 0.1) is 0 Å². The molecule has 188 valence electrons. The zero-order valence-electron chi connectivity index (χ0n) is 20.3. The van der Waals surface area contributed by atoms with Gasteiger partial charge < -0.3 is 9.47 Å². The largest absolute Gasteiger partial charge is 0.490 e. The third-order valence-corrected chi connectivity index (χ3v) is 7.41. The average Bonchev–Trinajstić information content (AvgIpc) is 3.30. The lowest BCUT2D eigenvalue weighted by Gasteiger charge is -2.15. The summed E-state index contributed by atoms with van der Waals surface area (Å²) in [4.78, 5) is 12.4. The summed E-state index contributed by atoms with van der Waals surface area (Å²) in [7, 11) is -3.53. The van der Waals surface area contributed by atoms with E-state index in [4.69, 9.17) is 9.47 Å². The van der Waals surface area contributed by atoms with Crippen LogP contribution in [0.2, 0.25) is 0 Å². The Hall–Kier alpha value is -3.75. The zero-order chi connectivity index (χ0) is 26.3. The van der Waals surface area contributed by atoms with Gasteiger partial charge in [-0.3, -0.25) is 10.1 Å². The maximum Gasteiger partial charge on any atom is 0.268 e. The number of anilines is 1. The Morgan fingerprint density at radius 2 is 1.83 bits per heavy atom. The summed E-state index contributed by atoms with van der Waals surface area (Å²) in [6.45, 7) is 7.00. The highest BCUT2D eigenvalue weighted by Gasteiger charge is 2.17. The van der Waals surface area contributed by atoms with Gasteiger partial charge in [-0.2, -0.15) is 5.26 Å². The van der Waals surface area contributed by atoms with E-state index in [9.17, 15) is 18.5 Å². The molecule has 0 radical (unpaired) electrons. The third-order valence-electron chi connectivity index (χ3n) is 4.90. The number of hydrogen-bond donors (Lipinski definition) is 1. The van der Waals surface area contributed by atoms with Gasteiger partial charge in [-0.15, -0.1) is 10.2 Å². The van der Waals surface area contributed by atoms with Gasteiger partial charge in [-0.1, -0.05) is 49.4 Å². The smallest absolute Gasteiger partial charge is 0.268 e. The quantitative estimate of drug-likeness (QED) is 0.178. The number of rotatable bonds is 10. The predicted octanol–water partition coefficient (Wildman–Crippen LogP) is 4.38. The van der Waals surface area contributed by atoms with Crippen molar-refractivity contribution in [2.24, 2.45) is 0 Å². The number of aromatic nitrogens is 2. The second-order valence-corrected chi connectivity index (χ2v) is 11.4. The Morgan fingerprint density at radius 1 is 1.14 bits per heavy atom. The van der Waals surface area contributed by atoms with Crippen LogP contribution in [0.25, 0.3) is 6.08 Å². The van der Waals surface area contributed by atoms with E-state index in [1.165, 1.54) is 6.08 Å². The third kappa shape index (κ3) is 7.37. The molecular formula is C25H26N4O5S2. The summed E-state index contributed by atoms with van der Waals surface area (Å²) >= 11 is 0.709. The fraction of sp³-hybridized carbons (Fsp3) is 0.280. The first-order valence-electron chi connectivity index (χ1n) is 11.0. The van der Waals surface area contributed by atoms with Crippen LogP contribution >= 0.6 is 11.3 Å². The molecule has 1 aromatic heterocycles. The molecule has 0 spiro atoms. The molecule has 1 heterocycles. The van der Waals surface area contributed by atoms with Crippen LogP contribution < -0.4 is 14.8 Å². The first-order chi connectivity index (χ1) is 17.1. The molecule has 0 saturated carbocycles. The molecule has 2 aromatic carbocycles. The Bertz CT molecular complexity index is 1400. The molecule has 0 fully saturated rings. The van der Waals surface area contributed by atoms with Crippen molar-refractivity contribution in [3.05, 3.63) is 64.7 Å². The second kappa shape index (κ2) is 11.8. The van der Waals surface area contributed by atoms with Gasteiger partial charge in [0, 0.05) is 6.26 Å². The van der Waals surface area contributed by atoms with Crippen LogP contribution in [0.15, 0.2) is 52.4 Å². The van der Waals surface area contributed by atoms with Gasteiger partial charge >= 0.3 is 0 Å². The molecule has 9 nitrogen and oxygen atoms in total. The molecule has 3 rings (SSSR count). The van der Waals surface area contributed by atoms with Gasteiger partial charge in [0.15, 0.2) is 0 Å². The van der Waals surface area contributed by atoms with Crippen molar-refractivity contribution in [1.29, 1.82) is 5.26 Å². The Morgan fingerprint density at radius 3 is 2.44 bits per heavy atom. The van der Waals surface area contributed by atoms with Gasteiger partial charge in [-0.05, 0) is 53.8 Å². The molecule has 0 aliphatic rings. The van der Waals surface area contributed by atoms with E-state index < -0.39 is 15.7 Å². The van der Waals surface area contributed by atoms with E-state index in [0.29, 0.717) is 41.8 Å². The first kappa shape index (κ1) is 26.8. The van der Waals surface area contributed by atoms with Crippen molar-refractivity contribution >= 4 is 38.3 Å². The summed E-state index contributed by atoms with van der Waals surface area (Å²) in [5.41, 5.74) is 2.72. The number of nitrogens with one attached hydrogen (secondary N) is 1. The average molecular weight is 527 g/mol. The van der Waals surface area contributed by atoms with Crippen LogP contribution in [0.4, 0.5) is 5.13 Å². The summed E-state index contributed by atoms with van der Waals surface area (Å²) in [5.74, 6) is 1.11. The van der Waals surface area contributed by atoms with Crippen LogP contribution in [-0.4, -0.2) is 44.0 Å². The highest BCUT2D eigenvalue weighted by molar-refractivity contribution is 7.92. The Kier molecular flexibility index (Phi) is 8.79. The summed E-state index contributed by atoms with van der Waals surface area (Å²) in [6.07, 6.45) is 2.40. The molecule has 0 unspecified atom stereocenters. The maximum atomic E-state index is 12.4. The van der Waals surface area contributed by atoms with Crippen molar-refractivity contribution in [2.75, 3.05) is 24.8 Å². The molecule has 3 aromatic rings. The minimum absolute atomic E-state index is 0.0151. The standard InChI is InChI=1S/C25H26N4O5S2/c1-16(2)21-10-5-17(3)13-22(21)34-12-11-33-20-8-6-18(7-9-20)14-19(15-26)23(30)27-24-28-29-25(35-24)36(4,31)32/h5-10,13-14,16H,11-12H2,1-4H3,(H,27,28,30). The van der Waals surface area contributed by atoms with Gasteiger partial charge in [-0.25, -0.2) is 8.42 Å². The van der Waals surface area contributed by atoms with Crippen molar-refractivity contribution in [1.82, 2.24) is 10.2 Å². The molecule has 36 heavy (non-hydrogen) atoms. The Balaban J connectivity index is 1.56. The molecule has 0 bridgehead atoms. The van der Waals surface area contributed by atoms with Crippen LogP contribution in [0, 0.1) is 18.3 Å². The molecule has 0 aliphatic heterocycles. The van der Waals surface area contributed by atoms with Crippen molar-refractivity contribution in [3.63, 3.8) is 0 Å². The van der Waals surface area contributed by atoms with E-state index in [1.807, 2.05) is 19.1 Å². The number of nitriles is 1. The minimum Gasteiger partial charge on any atom is -0.490 e. The first-order valence-corrected chi connectivity index (χ1v) is 13.7. The van der Waals surface area contributed by atoms with Gasteiger partial charge in [0.2, 0.25) is 19.3 Å². The molecule has 11 heteroatoms. The molecular weight excluding hydrogens is 500 g/mol. The monoisotopic (exact) mass is 526 g/mol. The number of ether oxygens (including phenoxy) is 2. The van der Waals surface area contributed by atoms with E-state index in [2.05, 4.69) is 41.5 Å². The Labute approximate surface area is 214 Å².